The molecule has 0 aromatic carbocycles. The minimum absolute atomic E-state index is 0.183. The summed E-state index contributed by atoms with van der Waals surface area (Å²) in [5.41, 5.74) is -4.23. The predicted molar refractivity (Wildman–Crippen MR) is 107 cm³/mol. The number of carbonyl (C=O) groups is 4. The first kappa shape index (κ1) is 22.6. The van der Waals surface area contributed by atoms with Gasteiger partial charge in [-0.3, -0.25) is 19.2 Å². The van der Waals surface area contributed by atoms with Gasteiger partial charge in [-0.05, 0) is 51.4 Å². The molecular formula is C22H36N2O4. The van der Waals surface area contributed by atoms with Crippen molar-refractivity contribution in [2.24, 2.45) is 21.7 Å². The SMILES string of the molecule is CC(C)NC(=O)C1(C2(C(=O)NC(C)C)CC(C)(C)CC2=O)CC(C)(C)CC1=O. The molecule has 0 bridgehead atoms. The monoisotopic (exact) mass is 392 g/mol. The first-order valence-corrected chi connectivity index (χ1v) is 10.3. The number of hydrogen-bond donors (Lipinski definition) is 2. The molecule has 2 unspecified atom stereocenters. The summed E-state index contributed by atoms with van der Waals surface area (Å²) in [5, 5.41) is 5.72. The van der Waals surface area contributed by atoms with Crippen LogP contribution in [0.5, 0.6) is 0 Å². The summed E-state index contributed by atoms with van der Waals surface area (Å²) < 4.78 is 0. The summed E-state index contributed by atoms with van der Waals surface area (Å²) >= 11 is 0. The van der Waals surface area contributed by atoms with Crippen molar-refractivity contribution in [2.75, 3.05) is 0 Å². The Morgan fingerprint density at radius 1 is 0.714 bits per heavy atom. The highest BCUT2D eigenvalue weighted by molar-refractivity contribution is 6.21. The van der Waals surface area contributed by atoms with Crippen molar-refractivity contribution in [2.45, 2.75) is 93.2 Å². The molecule has 0 heterocycles. The molecule has 0 saturated heterocycles. The molecular weight excluding hydrogens is 356 g/mol. The molecule has 0 radical (unpaired) electrons. The standard InChI is InChI=1S/C22H36N2O4/c1-13(2)23-17(27)21(11-19(5,6)9-15(21)25)22(18(28)24-14(3)4)12-20(7,8)10-16(22)26/h13-14H,9-12H2,1-8H3,(H,23,27)(H,24,28). The van der Waals surface area contributed by atoms with Crippen LogP contribution in [-0.2, 0) is 19.2 Å². The second kappa shape index (κ2) is 6.96. The van der Waals surface area contributed by atoms with Crippen molar-refractivity contribution in [1.29, 1.82) is 0 Å². The lowest BCUT2D eigenvalue weighted by Crippen LogP contribution is -2.64. The van der Waals surface area contributed by atoms with Gasteiger partial charge >= 0.3 is 0 Å². The Kier molecular flexibility index (Phi) is 5.61. The average Bonchev–Trinajstić information content (AvgIpc) is 2.87. The van der Waals surface area contributed by atoms with Crippen molar-refractivity contribution in [3.63, 3.8) is 0 Å². The molecule has 2 amide bonds. The number of ketones is 2. The highest BCUT2D eigenvalue weighted by atomic mass is 16.2. The van der Waals surface area contributed by atoms with Crippen LogP contribution in [-0.4, -0.2) is 35.5 Å². The molecule has 0 spiro atoms. The maximum Gasteiger partial charge on any atom is 0.235 e. The van der Waals surface area contributed by atoms with Gasteiger partial charge in [-0.15, -0.1) is 0 Å². The van der Waals surface area contributed by atoms with Gasteiger partial charge in [0.2, 0.25) is 11.8 Å². The number of hydrogen-bond acceptors (Lipinski definition) is 4. The maximum absolute atomic E-state index is 13.6. The van der Waals surface area contributed by atoms with E-state index in [-0.39, 0.29) is 49.3 Å². The maximum atomic E-state index is 13.6. The molecule has 6 nitrogen and oxygen atoms in total. The van der Waals surface area contributed by atoms with Gasteiger partial charge in [0.25, 0.3) is 0 Å². The molecule has 28 heavy (non-hydrogen) atoms. The minimum atomic E-state index is -1.66. The van der Waals surface area contributed by atoms with E-state index in [0.29, 0.717) is 0 Å². The van der Waals surface area contributed by atoms with Crippen LogP contribution >= 0.6 is 0 Å². The summed E-state index contributed by atoms with van der Waals surface area (Å²) in [5.74, 6) is -1.55. The molecule has 0 aromatic rings. The van der Waals surface area contributed by atoms with Gasteiger partial charge in [0, 0.05) is 24.9 Å². The Morgan fingerprint density at radius 2 is 1.00 bits per heavy atom. The average molecular weight is 393 g/mol. The van der Waals surface area contributed by atoms with Gasteiger partial charge in [0.15, 0.2) is 11.6 Å². The molecule has 2 saturated carbocycles. The zero-order valence-corrected chi connectivity index (χ0v) is 18.6. The lowest BCUT2D eigenvalue weighted by atomic mass is 9.56. The van der Waals surface area contributed by atoms with Crippen LogP contribution in [0.25, 0.3) is 0 Å². The van der Waals surface area contributed by atoms with E-state index in [1.807, 2.05) is 55.4 Å². The van der Waals surface area contributed by atoms with E-state index in [2.05, 4.69) is 10.6 Å². The van der Waals surface area contributed by atoms with E-state index in [1.54, 1.807) is 0 Å². The van der Waals surface area contributed by atoms with Crippen molar-refractivity contribution in [3.05, 3.63) is 0 Å². The van der Waals surface area contributed by atoms with Crippen molar-refractivity contribution < 1.29 is 19.2 Å². The van der Waals surface area contributed by atoms with Crippen LogP contribution in [0.1, 0.15) is 81.1 Å². The molecule has 158 valence electrons. The molecule has 6 heteroatoms. The van der Waals surface area contributed by atoms with Gasteiger partial charge < -0.3 is 10.6 Å². The van der Waals surface area contributed by atoms with Gasteiger partial charge in [-0.25, -0.2) is 0 Å². The van der Waals surface area contributed by atoms with Crippen LogP contribution in [0.3, 0.4) is 0 Å². The lowest BCUT2D eigenvalue weighted by molar-refractivity contribution is -0.165. The third-order valence-electron chi connectivity index (χ3n) is 6.06. The van der Waals surface area contributed by atoms with Gasteiger partial charge in [-0.2, -0.15) is 0 Å². The zero-order chi connectivity index (χ0) is 21.7. The Balaban J connectivity index is 2.77. The second-order valence-corrected chi connectivity index (χ2v) is 10.9. The van der Waals surface area contributed by atoms with Crippen molar-refractivity contribution in [1.82, 2.24) is 10.6 Å². The van der Waals surface area contributed by atoms with Gasteiger partial charge in [0.1, 0.15) is 10.8 Å². The molecule has 0 aliphatic heterocycles. The summed E-state index contributed by atoms with van der Waals surface area (Å²) in [6.45, 7) is 15.0. The molecule has 2 aliphatic carbocycles. The number of amides is 2. The van der Waals surface area contributed by atoms with Crippen molar-refractivity contribution >= 4 is 23.4 Å². The first-order valence-electron chi connectivity index (χ1n) is 10.3. The largest absolute Gasteiger partial charge is 0.353 e. The molecule has 2 atom stereocenters. The minimum Gasteiger partial charge on any atom is -0.353 e. The molecule has 2 rings (SSSR count). The highest BCUT2D eigenvalue weighted by Crippen LogP contribution is 2.63. The topological polar surface area (TPSA) is 92.3 Å². The van der Waals surface area contributed by atoms with Crippen molar-refractivity contribution in [3.8, 4) is 0 Å². The van der Waals surface area contributed by atoms with Crippen LogP contribution in [0, 0.1) is 21.7 Å². The number of rotatable bonds is 5. The first-order chi connectivity index (χ1) is 12.6. The fraction of sp³-hybridized carbons (Fsp3) is 0.818. The number of nitrogens with one attached hydrogen (secondary N) is 2. The van der Waals surface area contributed by atoms with E-state index in [1.165, 1.54) is 0 Å². The molecule has 2 aliphatic rings. The van der Waals surface area contributed by atoms with E-state index >= 15 is 0 Å². The Morgan fingerprint density at radius 3 is 1.18 bits per heavy atom. The Bertz CT molecular complexity index is 647. The Hall–Kier alpha value is -1.72. The van der Waals surface area contributed by atoms with E-state index in [4.69, 9.17) is 0 Å². The second-order valence-electron chi connectivity index (χ2n) is 10.9. The third kappa shape index (κ3) is 3.50. The van der Waals surface area contributed by atoms with Crippen LogP contribution in [0.2, 0.25) is 0 Å². The van der Waals surface area contributed by atoms with Crippen LogP contribution in [0.4, 0.5) is 0 Å². The lowest BCUT2D eigenvalue weighted by Gasteiger charge is -2.43. The summed E-state index contributed by atoms with van der Waals surface area (Å²) in [6, 6.07) is -0.397. The van der Waals surface area contributed by atoms with Gasteiger partial charge in [-0.1, -0.05) is 27.7 Å². The van der Waals surface area contributed by atoms with E-state index < -0.39 is 33.5 Å². The molecule has 2 fully saturated rings. The van der Waals surface area contributed by atoms with Gasteiger partial charge in [0.05, 0.1) is 0 Å². The van der Waals surface area contributed by atoms with E-state index in [0.717, 1.165) is 0 Å². The summed E-state index contributed by atoms with van der Waals surface area (Å²) in [4.78, 5) is 54.1. The Labute approximate surface area is 168 Å². The fourth-order valence-electron chi connectivity index (χ4n) is 5.28. The summed E-state index contributed by atoms with van der Waals surface area (Å²) in [6.07, 6.45) is 0.765. The third-order valence-corrected chi connectivity index (χ3v) is 6.06. The molecule has 0 aromatic heterocycles. The summed E-state index contributed by atoms with van der Waals surface area (Å²) in [7, 11) is 0. The fourth-order valence-corrected chi connectivity index (χ4v) is 5.28. The van der Waals surface area contributed by atoms with Crippen LogP contribution in [0.15, 0.2) is 0 Å². The zero-order valence-electron chi connectivity index (χ0n) is 18.6. The highest BCUT2D eigenvalue weighted by Gasteiger charge is 2.74. The normalized spacial score (nSPS) is 31.5. The predicted octanol–water partition coefficient (Wildman–Crippen LogP) is 2.79. The smallest absolute Gasteiger partial charge is 0.235 e. The van der Waals surface area contributed by atoms with Crippen LogP contribution < -0.4 is 10.6 Å². The molecule has 2 N–H and O–H groups in total. The quantitative estimate of drug-likeness (QED) is 0.704. The number of carbonyl (C=O) groups excluding carboxylic acids is 4. The number of Topliss-reactive ketones (excluding diaryl/α,β-unsaturated/α-hetero) is 2. The van der Waals surface area contributed by atoms with E-state index in [9.17, 15) is 19.2 Å².